The number of carboxylic acid groups (broad SMARTS) is 2. The predicted octanol–water partition coefficient (Wildman–Crippen LogP) is 4.87. The van der Waals surface area contributed by atoms with Crippen LogP contribution >= 0.6 is 0 Å². The first kappa shape index (κ1) is 90.5. The number of aliphatic carboxylic acids is 2. The molecule has 4 heterocycles. The maximum Gasteiger partial charge on any atom is 1.00 e. The Hall–Kier alpha value is -10.8. The van der Waals surface area contributed by atoms with Gasteiger partial charge in [-0.25, -0.2) is 0 Å². The first-order valence-corrected chi connectivity index (χ1v) is 33.6. The molecule has 0 saturated heterocycles. The van der Waals surface area contributed by atoms with Crippen LogP contribution in [0, 0.1) is 39.5 Å². The Kier molecular flexibility index (Phi) is 36.4. The average Bonchev–Trinajstić information content (AvgIpc) is 0.798. The summed E-state index contributed by atoms with van der Waals surface area (Å²) < 4.78 is 31.3. The Morgan fingerprint density at radius 2 is 0.752 bits per heavy atom. The third-order valence-corrected chi connectivity index (χ3v) is 18.1. The molecule has 0 spiro atoms. The number of aliphatic hydroxyl groups excluding tert-OH is 4. The number of carbonyl (C=O) groups is 8. The molecule has 0 radical (unpaired) electrons. The molecule has 0 saturated carbocycles. The number of rotatable bonds is 36. The number of aliphatic hydroxyl groups is 4. The molecule has 576 valence electrons. The number of ketones is 2. The number of methoxy groups -OCH3 is 6. The van der Waals surface area contributed by atoms with Crippen molar-refractivity contribution in [3.05, 3.63) is 200 Å². The van der Waals surface area contributed by atoms with E-state index in [4.69, 9.17) is 28.8 Å². The summed E-state index contributed by atoms with van der Waals surface area (Å²) in [6, 6.07) is 26.5. The van der Waals surface area contributed by atoms with Gasteiger partial charge >= 0.3 is 42.7 Å². The third kappa shape index (κ3) is 23.6. The minimum absolute atomic E-state index is 0. The van der Waals surface area contributed by atoms with Crippen molar-refractivity contribution in [2.75, 3.05) is 79.7 Å². The molecule has 0 aliphatic heterocycles. The molecule has 4 aromatic carbocycles. The van der Waals surface area contributed by atoms with Crippen molar-refractivity contribution in [1.29, 1.82) is 0 Å². The zero-order valence-corrected chi connectivity index (χ0v) is 62.0. The van der Waals surface area contributed by atoms with Gasteiger partial charge in [0.25, 0.3) is 11.8 Å². The summed E-state index contributed by atoms with van der Waals surface area (Å²) in [5, 5.41) is 67.5. The molecular formula is C79H93LiN8O21. The van der Waals surface area contributed by atoms with Gasteiger partial charge in [-0.3, -0.25) is 68.9 Å². The van der Waals surface area contributed by atoms with E-state index in [0.717, 1.165) is 55.6 Å². The van der Waals surface area contributed by atoms with Crippen molar-refractivity contribution >= 4 is 58.6 Å². The number of amides is 2. The Morgan fingerprint density at radius 3 is 1.11 bits per heavy atom. The number of pyridine rings is 4. The molecule has 4 aromatic heterocycles. The first-order chi connectivity index (χ1) is 50.9. The van der Waals surface area contributed by atoms with Crippen LogP contribution < -0.4 is 59.1 Å². The van der Waals surface area contributed by atoms with Crippen LogP contribution in [0.2, 0.25) is 0 Å². The Morgan fingerprint density at radius 1 is 0.413 bits per heavy atom. The van der Waals surface area contributed by atoms with E-state index in [1.54, 1.807) is 18.2 Å². The summed E-state index contributed by atoms with van der Waals surface area (Å²) in [4.78, 5) is 117. The van der Waals surface area contributed by atoms with E-state index in [1.807, 2.05) is 88.4 Å². The molecule has 8 rings (SSSR count). The van der Waals surface area contributed by atoms with Crippen LogP contribution in [-0.2, 0) is 67.4 Å². The zero-order valence-electron chi connectivity index (χ0n) is 62.0. The van der Waals surface area contributed by atoms with Crippen LogP contribution in [0.3, 0.4) is 0 Å². The third-order valence-electron chi connectivity index (χ3n) is 18.1. The van der Waals surface area contributed by atoms with E-state index in [1.165, 1.54) is 85.6 Å². The van der Waals surface area contributed by atoms with Gasteiger partial charge in [0.05, 0.1) is 80.9 Å². The number of carboxylic acids is 2. The van der Waals surface area contributed by atoms with Gasteiger partial charge < -0.3 is 75.2 Å². The number of nitrogens with one attached hydrogen (secondary N) is 4. The average molecular weight is 1500 g/mol. The Bertz CT molecular complexity index is 4220. The van der Waals surface area contributed by atoms with Crippen molar-refractivity contribution in [2.24, 2.45) is 11.8 Å². The molecule has 0 bridgehead atoms. The molecule has 109 heavy (non-hydrogen) atoms. The second kappa shape index (κ2) is 43.8. The van der Waals surface area contributed by atoms with Gasteiger partial charge in [0.2, 0.25) is 0 Å². The fourth-order valence-corrected chi connectivity index (χ4v) is 11.6. The summed E-state index contributed by atoms with van der Waals surface area (Å²) in [6.45, 7) is 5.97. The number of anilines is 2. The molecular weight excluding hydrogens is 1400 g/mol. The Balaban J connectivity index is 0.000000448. The molecule has 29 nitrogen and oxygen atoms in total. The molecule has 0 aliphatic rings. The first-order valence-electron chi connectivity index (χ1n) is 33.6. The topological polar surface area (TPSA) is 443 Å². The number of hydrogen-bond acceptors (Lipinski definition) is 25. The second-order valence-corrected chi connectivity index (χ2v) is 24.6. The van der Waals surface area contributed by atoms with E-state index in [9.17, 15) is 63.9 Å². The minimum Gasteiger partial charge on any atom is -0.870 e. The fourth-order valence-electron chi connectivity index (χ4n) is 11.6. The standard InChI is InChI=1S/C40H46N4O10.C38H42N4O10.CH4.Li.H2O/c1-23-25(15-35(47)32-16-37(52-4)28(19-41-32)20-43-34(22-46)40(50)54-6)9-7-10-29(23)30-11-8-12-31(24(30)2)44-38(48)33-17-36(51-3)26(18-42-33)13-14-27(21-45)39(49)53-5;1-21-23(13-33(45)30-14-35(52-4)26(17-39-30)18-41-32(20-44)38(49)50)7-5-8-27(21)28-9-6-10-29(22(28)2)42-36(46)31-15-34(51-3)24(16-40-31)11-12-25(19-43)37(47)48;;;/h7-12,16-19,27,34,43,45-46H,13-15,20-22H2,1-6H3,(H,44,48);5-10,14-17,25,32,41,43-44H,11-13,18-20H2,1-4H3,(H,42,46)(H,47,48)(H,49,50);1H4;;1H2/q;;;+1;/p-1/t27-,34-;25-,32-;;;/m11.../s1. The number of hydrogen-bond donors (Lipinski definition) is 10. The second-order valence-electron chi connectivity index (χ2n) is 24.6. The van der Waals surface area contributed by atoms with Crippen LogP contribution in [0.1, 0.15) is 118 Å². The van der Waals surface area contributed by atoms with Gasteiger partial charge in [-0.1, -0.05) is 68.1 Å². The number of benzene rings is 4. The summed E-state index contributed by atoms with van der Waals surface area (Å²) in [5.41, 5.74) is 12.6. The number of aromatic nitrogens is 4. The summed E-state index contributed by atoms with van der Waals surface area (Å²) in [7, 11) is 8.34. The largest absolute Gasteiger partial charge is 1.00 e. The molecule has 4 atom stereocenters. The molecule has 2 amide bonds. The minimum atomic E-state index is -1.20. The van der Waals surface area contributed by atoms with Crippen molar-refractivity contribution in [1.82, 2.24) is 30.6 Å². The quantitative estimate of drug-likeness (QED) is 0.0142. The van der Waals surface area contributed by atoms with E-state index in [-0.39, 0.29) is 111 Å². The SMILES string of the molecule is C.COC(=O)[C@@H](CO)CCc1cnc(C(=O)Nc2cccc(-c3cccc(CC(=O)c4cc(OC)c(CN[C@H](CO)C(=O)OC)cn4)c3C)c2C)cc1OC.COc1cc(C(=O)Nc2cccc(-c3cccc(CC(=O)c4cc(OC)c(CN[C@H](CO)C(=O)O)cn4)c3C)c2C)ncc1CC[C@H](CO)C(=O)O.[Li+].[OH-]. The number of esters is 2. The normalized spacial score (nSPS) is 11.7. The fraction of sp³-hybridized carbons (Fsp3) is 0.342. The van der Waals surface area contributed by atoms with Crippen LogP contribution in [0.15, 0.2) is 122 Å². The van der Waals surface area contributed by atoms with Crippen molar-refractivity contribution in [2.45, 2.75) is 98.8 Å². The number of carbonyl (C=O) groups excluding carboxylic acids is 6. The van der Waals surface area contributed by atoms with Crippen LogP contribution in [-0.4, -0.2) is 184 Å². The summed E-state index contributed by atoms with van der Waals surface area (Å²) >= 11 is 0. The summed E-state index contributed by atoms with van der Waals surface area (Å²) in [5.74, 6) is -4.83. The molecule has 8 aromatic rings. The number of aryl methyl sites for hydroxylation is 2. The zero-order chi connectivity index (χ0) is 77.3. The van der Waals surface area contributed by atoms with Gasteiger partial charge in [0, 0.05) is 109 Å². The smallest absolute Gasteiger partial charge is 0.870 e. The van der Waals surface area contributed by atoms with Gasteiger partial charge in [-0.2, -0.15) is 0 Å². The maximum atomic E-state index is 13.5. The van der Waals surface area contributed by atoms with Gasteiger partial charge in [0.1, 0.15) is 57.9 Å². The van der Waals surface area contributed by atoms with E-state index in [2.05, 4.69) is 45.9 Å². The molecule has 11 N–H and O–H groups in total. The Labute approximate surface area is 643 Å². The maximum absolute atomic E-state index is 13.5. The predicted molar refractivity (Wildman–Crippen MR) is 399 cm³/mol. The van der Waals surface area contributed by atoms with Crippen LogP contribution in [0.5, 0.6) is 23.0 Å². The van der Waals surface area contributed by atoms with Crippen LogP contribution in [0.4, 0.5) is 11.4 Å². The van der Waals surface area contributed by atoms with Crippen LogP contribution in [0.25, 0.3) is 22.3 Å². The van der Waals surface area contributed by atoms with E-state index in [0.29, 0.717) is 69.5 Å². The molecule has 0 unspecified atom stereocenters. The van der Waals surface area contributed by atoms with Gasteiger partial charge in [-0.15, -0.1) is 0 Å². The van der Waals surface area contributed by atoms with Crippen molar-refractivity contribution in [3.63, 3.8) is 0 Å². The number of ether oxygens (including phenoxy) is 6. The molecule has 30 heteroatoms. The molecule has 0 aliphatic carbocycles. The van der Waals surface area contributed by atoms with E-state index >= 15 is 0 Å². The van der Waals surface area contributed by atoms with Gasteiger partial charge in [0.15, 0.2) is 11.6 Å². The van der Waals surface area contributed by atoms with Crippen molar-refractivity contribution in [3.8, 4) is 45.3 Å². The summed E-state index contributed by atoms with van der Waals surface area (Å²) in [6.07, 6.45) is 7.22. The van der Waals surface area contributed by atoms with Crippen molar-refractivity contribution < 1.29 is 122 Å². The number of Topliss-reactive ketones (excluding diaryl/α,β-unsaturated/α-hetero) is 2. The van der Waals surface area contributed by atoms with E-state index < -0.39 is 79.4 Å². The monoisotopic (exact) mass is 1500 g/mol. The number of nitrogens with zero attached hydrogens (tertiary/aromatic N) is 4. The van der Waals surface area contributed by atoms with Gasteiger partial charge in [-0.05, 0) is 121 Å². The molecule has 0 fully saturated rings.